The van der Waals surface area contributed by atoms with E-state index in [0.717, 1.165) is 17.7 Å². The zero-order chi connectivity index (χ0) is 13.2. The minimum atomic E-state index is 0.858. The Morgan fingerprint density at radius 2 is 2.00 bits per heavy atom. The van der Waals surface area contributed by atoms with Gasteiger partial charge in [-0.25, -0.2) is 4.98 Å². The molecule has 2 aromatic carbocycles. The molecule has 0 saturated heterocycles. The highest BCUT2D eigenvalue weighted by Crippen LogP contribution is 2.22. The van der Waals surface area contributed by atoms with E-state index in [1.807, 2.05) is 5.51 Å². The molecule has 0 aliphatic carbocycles. The van der Waals surface area contributed by atoms with Crippen molar-refractivity contribution < 1.29 is 0 Å². The summed E-state index contributed by atoms with van der Waals surface area (Å²) in [5.41, 5.74) is 8.10. The molecule has 0 aliphatic heterocycles. The first-order valence-electron chi connectivity index (χ1n) is 6.35. The minimum Gasteiger partial charge on any atom is -0.381 e. The van der Waals surface area contributed by atoms with E-state index in [-0.39, 0.29) is 0 Å². The number of benzene rings is 2. The Morgan fingerprint density at radius 3 is 2.84 bits per heavy atom. The van der Waals surface area contributed by atoms with E-state index >= 15 is 0 Å². The summed E-state index contributed by atoms with van der Waals surface area (Å²) in [5, 5.41) is 3.48. The molecule has 0 unspecified atom stereocenters. The molecular formula is C16H16N2S. The van der Waals surface area contributed by atoms with Gasteiger partial charge in [-0.05, 0) is 43.2 Å². The summed E-state index contributed by atoms with van der Waals surface area (Å²) in [6.45, 7) is 5.15. The number of nitrogens with zero attached hydrogens (tertiary/aromatic N) is 1. The van der Waals surface area contributed by atoms with Gasteiger partial charge in [-0.1, -0.05) is 23.8 Å². The Bertz CT molecular complexity index is 716. The normalized spacial score (nSPS) is 10.8. The van der Waals surface area contributed by atoms with Gasteiger partial charge in [-0.2, -0.15) is 0 Å². The highest BCUT2D eigenvalue weighted by molar-refractivity contribution is 7.16. The molecule has 0 aliphatic rings. The van der Waals surface area contributed by atoms with Crippen LogP contribution in [0.15, 0.2) is 41.9 Å². The predicted octanol–water partition coefficient (Wildman–Crippen LogP) is 4.53. The lowest BCUT2D eigenvalue weighted by molar-refractivity contribution is 1.11. The van der Waals surface area contributed by atoms with Crippen LogP contribution in [0.4, 0.5) is 5.69 Å². The van der Waals surface area contributed by atoms with Crippen LogP contribution in [-0.4, -0.2) is 4.98 Å². The predicted molar refractivity (Wildman–Crippen MR) is 82.9 cm³/mol. The molecule has 19 heavy (non-hydrogen) atoms. The number of hydrogen-bond acceptors (Lipinski definition) is 3. The van der Waals surface area contributed by atoms with Gasteiger partial charge in [0.2, 0.25) is 0 Å². The topological polar surface area (TPSA) is 24.9 Å². The average Bonchev–Trinajstić information content (AvgIpc) is 2.85. The number of thiazole rings is 1. The monoisotopic (exact) mass is 268 g/mol. The van der Waals surface area contributed by atoms with E-state index in [9.17, 15) is 0 Å². The number of aromatic nitrogens is 1. The zero-order valence-corrected chi connectivity index (χ0v) is 11.9. The Labute approximate surface area is 117 Å². The molecule has 0 saturated carbocycles. The Hall–Kier alpha value is -1.87. The van der Waals surface area contributed by atoms with E-state index in [1.54, 1.807) is 11.3 Å². The second-order valence-electron chi connectivity index (χ2n) is 4.82. The number of anilines is 1. The number of aryl methyl sites for hydroxylation is 2. The van der Waals surface area contributed by atoms with Crippen molar-refractivity contribution in [2.24, 2.45) is 0 Å². The van der Waals surface area contributed by atoms with Crippen molar-refractivity contribution in [3.05, 3.63) is 58.6 Å². The quantitative estimate of drug-likeness (QED) is 0.755. The summed E-state index contributed by atoms with van der Waals surface area (Å²) in [6, 6.07) is 12.9. The summed E-state index contributed by atoms with van der Waals surface area (Å²) < 4.78 is 1.23. The van der Waals surface area contributed by atoms with Crippen molar-refractivity contribution in [1.82, 2.24) is 4.98 Å². The number of nitrogens with one attached hydrogen (secondary N) is 1. The van der Waals surface area contributed by atoms with Gasteiger partial charge < -0.3 is 5.32 Å². The van der Waals surface area contributed by atoms with Crippen molar-refractivity contribution in [3.8, 4) is 0 Å². The molecule has 0 fully saturated rings. The lowest BCUT2D eigenvalue weighted by atomic mass is 10.1. The molecule has 3 aromatic rings. The summed E-state index contributed by atoms with van der Waals surface area (Å²) >= 11 is 1.68. The summed E-state index contributed by atoms with van der Waals surface area (Å²) in [5.74, 6) is 0. The molecule has 2 nitrogen and oxygen atoms in total. The standard InChI is InChI=1S/C16H16N2S/c1-11-3-4-13(12(2)7-11)9-17-14-5-6-15-16(8-14)19-10-18-15/h3-8,10,17H,9H2,1-2H3. The van der Waals surface area contributed by atoms with E-state index in [2.05, 4.69) is 60.5 Å². The maximum atomic E-state index is 4.29. The SMILES string of the molecule is Cc1ccc(CNc2ccc3ncsc3c2)c(C)c1. The third-order valence-corrected chi connectivity index (χ3v) is 4.10. The maximum absolute atomic E-state index is 4.29. The molecule has 0 bridgehead atoms. The van der Waals surface area contributed by atoms with Crippen LogP contribution in [0.1, 0.15) is 16.7 Å². The Morgan fingerprint density at radius 1 is 1.11 bits per heavy atom. The fourth-order valence-electron chi connectivity index (χ4n) is 2.21. The summed E-state index contributed by atoms with van der Waals surface area (Å²) in [7, 11) is 0. The molecule has 0 atom stereocenters. The largest absolute Gasteiger partial charge is 0.381 e. The van der Waals surface area contributed by atoms with Crippen molar-refractivity contribution in [2.45, 2.75) is 20.4 Å². The van der Waals surface area contributed by atoms with Crippen LogP contribution >= 0.6 is 11.3 Å². The van der Waals surface area contributed by atoms with E-state index < -0.39 is 0 Å². The molecule has 0 radical (unpaired) electrons. The first-order chi connectivity index (χ1) is 9.22. The van der Waals surface area contributed by atoms with E-state index in [4.69, 9.17) is 0 Å². The van der Waals surface area contributed by atoms with Gasteiger partial charge in [0.15, 0.2) is 0 Å². The van der Waals surface area contributed by atoms with Gasteiger partial charge in [0.25, 0.3) is 0 Å². The minimum absolute atomic E-state index is 0.858. The van der Waals surface area contributed by atoms with Crippen LogP contribution in [0, 0.1) is 13.8 Å². The van der Waals surface area contributed by atoms with E-state index in [0.29, 0.717) is 0 Å². The molecule has 0 spiro atoms. The van der Waals surface area contributed by atoms with Crippen LogP contribution in [0.25, 0.3) is 10.2 Å². The van der Waals surface area contributed by atoms with Crippen LogP contribution in [0.2, 0.25) is 0 Å². The molecule has 3 heteroatoms. The lowest BCUT2D eigenvalue weighted by Gasteiger charge is -2.09. The number of fused-ring (bicyclic) bond motifs is 1. The highest BCUT2D eigenvalue weighted by atomic mass is 32.1. The summed E-state index contributed by atoms with van der Waals surface area (Å²) in [6.07, 6.45) is 0. The molecule has 1 N–H and O–H groups in total. The molecule has 1 aromatic heterocycles. The van der Waals surface area contributed by atoms with Crippen molar-refractivity contribution in [3.63, 3.8) is 0 Å². The van der Waals surface area contributed by atoms with Crippen LogP contribution < -0.4 is 5.32 Å². The molecular weight excluding hydrogens is 252 g/mol. The first kappa shape index (κ1) is 12.2. The first-order valence-corrected chi connectivity index (χ1v) is 7.23. The van der Waals surface area contributed by atoms with Gasteiger partial charge in [0.05, 0.1) is 15.7 Å². The average molecular weight is 268 g/mol. The molecule has 96 valence electrons. The van der Waals surface area contributed by atoms with Crippen LogP contribution in [0.3, 0.4) is 0 Å². The van der Waals surface area contributed by atoms with Crippen LogP contribution in [0.5, 0.6) is 0 Å². The third kappa shape index (κ3) is 2.61. The van der Waals surface area contributed by atoms with Crippen molar-refractivity contribution >= 4 is 27.2 Å². The smallest absolute Gasteiger partial charge is 0.0813 e. The number of rotatable bonds is 3. The molecule has 3 rings (SSSR count). The van der Waals surface area contributed by atoms with Gasteiger partial charge >= 0.3 is 0 Å². The van der Waals surface area contributed by atoms with Gasteiger partial charge in [-0.15, -0.1) is 11.3 Å². The lowest BCUT2D eigenvalue weighted by Crippen LogP contribution is -2.01. The van der Waals surface area contributed by atoms with Gasteiger partial charge in [0, 0.05) is 12.2 Å². The molecule has 1 heterocycles. The van der Waals surface area contributed by atoms with Crippen LogP contribution in [-0.2, 0) is 6.54 Å². The Balaban J connectivity index is 1.77. The van der Waals surface area contributed by atoms with Gasteiger partial charge in [0.1, 0.15) is 0 Å². The zero-order valence-electron chi connectivity index (χ0n) is 11.1. The van der Waals surface area contributed by atoms with Gasteiger partial charge in [-0.3, -0.25) is 0 Å². The molecule has 0 amide bonds. The third-order valence-electron chi connectivity index (χ3n) is 3.31. The fraction of sp³-hybridized carbons (Fsp3) is 0.188. The van der Waals surface area contributed by atoms with E-state index in [1.165, 1.54) is 21.4 Å². The van der Waals surface area contributed by atoms with Crippen molar-refractivity contribution in [1.29, 1.82) is 0 Å². The van der Waals surface area contributed by atoms with Crippen molar-refractivity contribution in [2.75, 3.05) is 5.32 Å². The maximum Gasteiger partial charge on any atom is 0.0813 e. The second-order valence-corrected chi connectivity index (χ2v) is 5.70. The Kier molecular flexibility index (Phi) is 3.22. The number of hydrogen-bond donors (Lipinski definition) is 1. The summed E-state index contributed by atoms with van der Waals surface area (Å²) in [4.78, 5) is 4.29. The second kappa shape index (κ2) is 5.02. The fourth-order valence-corrected chi connectivity index (χ4v) is 2.92. The highest BCUT2D eigenvalue weighted by Gasteiger charge is 2.01.